The smallest absolute Gasteiger partial charge is 0.245 e. The van der Waals surface area contributed by atoms with Crippen molar-refractivity contribution in [3.8, 4) is 0 Å². The van der Waals surface area contributed by atoms with Gasteiger partial charge in [-0.2, -0.15) is 0 Å². The molecule has 27 heavy (non-hydrogen) atoms. The Balaban J connectivity index is 1.68. The maximum Gasteiger partial charge on any atom is 0.245 e. The maximum absolute atomic E-state index is 13.2. The van der Waals surface area contributed by atoms with Crippen LogP contribution in [0.15, 0.2) is 54.6 Å². The highest BCUT2D eigenvalue weighted by Crippen LogP contribution is 2.26. The maximum atomic E-state index is 13.2. The Morgan fingerprint density at radius 1 is 1.07 bits per heavy atom. The van der Waals surface area contributed by atoms with E-state index < -0.39 is 0 Å². The van der Waals surface area contributed by atoms with Crippen molar-refractivity contribution < 1.29 is 4.79 Å². The molecule has 1 aromatic heterocycles. The standard InChI is InChI=1S/C23H27N3O/c1-17-12-14-25(15-13-17)23(27)18(2)26-21-11-7-6-10-20(21)24-22(26)16-19-8-4-3-5-9-19/h3-11,17-18H,12-16H2,1-2H3. The van der Waals surface area contributed by atoms with E-state index in [1.807, 2.05) is 48.2 Å². The van der Waals surface area contributed by atoms with E-state index in [1.54, 1.807) is 0 Å². The lowest BCUT2D eigenvalue weighted by molar-refractivity contribution is -0.135. The van der Waals surface area contributed by atoms with Crippen molar-refractivity contribution in [3.63, 3.8) is 0 Å². The fourth-order valence-corrected chi connectivity index (χ4v) is 4.03. The molecule has 1 aliphatic heterocycles. The normalized spacial score (nSPS) is 16.6. The number of hydrogen-bond donors (Lipinski definition) is 0. The fourth-order valence-electron chi connectivity index (χ4n) is 4.03. The van der Waals surface area contributed by atoms with Gasteiger partial charge in [-0.15, -0.1) is 0 Å². The molecule has 4 rings (SSSR count). The highest BCUT2D eigenvalue weighted by atomic mass is 16.2. The lowest BCUT2D eigenvalue weighted by Crippen LogP contribution is -2.41. The summed E-state index contributed by atoms with van der Waals surface area (Å²) in [5.74, 6) is 1.88. The minimum Gasteiger partial charge on any atom is -0.341 e. The Labute approximate surface area is 160 Å². The van der Waals surface area contributed by atoms with Crippen LogP contribution in [0.4, 0.5) is 0 Å². The molecule has 2 heterocycles. The summed E-state index contributed by atoms with van der Waals surface area (Å²) in [7, 11) is 0. The van der Waals surface area contributed by atoms with E-state index in [9.17, 15) is 4.79 Å². The molecule has 0 aliphatic carbocycles. The van der Waals surface area contributed by atoms with Crippen LogP contribution in [0.2, 0.25) is 0 Å². The van der Waals surface area contributed by atoms with Crippen molar-refractivity contribution in [2.45, 2.75) is 39.2 Å². The molecular formula is C23H27N3O. The monoisotopic (exact) mass is 361 g/mol. The number of likely N-dealkylation sites (tertiary alicyclic amines) is 1. The summed E-state index contributed by atoms with van der Waals surface area (Å²) in [6.07, 6.45) is 2.92. The van der Waals surface area contributed by atoms with Crippen LogP contribution in [0.3, 0.4) is 0 Å². The number of benzene rings is 2. The van der Waals surface area contributed by atoms with Crippen LogP contribution >= 0.6 is 0 Å². The van der Waals surface area contributed by atoms with Crippen LogP contribution in [0, 0.1) is 5.92 Å². The molecule has 2 aromatic carbocycles. The van der Waals surface area contributed by atoms with Crippen molar-refractivity contribution in [1.82, 2.24) is 14.5 Å². The van der Waals surface area contributed by atoms with E-state index >= 15 is 0 Å². The molecule has 0 bridgehead atoms. The molecule has 1 atom stereocenters. The van der Waals surface area contributed by atoms with Gasteiger partial charge in [0.15, 0.2) is 0 Å². The molecule has 1 unspecified atom stereocenters. The molecule has 1 aliphatic rings. The summed E-state index contributed by atoms with van der Waals surface area (Å²) in [4.78, 5) is 20.1. The summed E-state index contributed by atoms with van der Waals surface area (Å²) in [5.41, 5.74) is 3.20. The number of para-hydroxylation sites is 2. The van der Waals surface area contributed by atoms with E-state index in [0.29, 0.717) is 5.92 Å². The first kappa shape index (κ1) is 17.8. The Morgan fingerprint density at radius 2 is 1.74 bits per heavy atom. The Hall–Kier alpha value is -2.62. The second kappa shape index (κ2) is 7.55. The van der Waals surface area contributed by atoms with E-state index in [-0.39, 0.29) is 11.9 Å². The first-order valence-corrected chi connectivity index (χ1v) is 9.92. The topological polar surface area (TPSA) is 38.1 Å². The Kier molecular flexibility index (Phi) is 4.97. The van der Waals surface area contributed by atoms with Gasteiger partial charge < -0.3 is 9.47 Å². The first-order chi connectivity index (χ1) is 13.1. The van der Waals surface area contributed by atoms with Gasteiger partial charge >= 0.3 is 0 Å². The number of carbonyl (C=O) groups is 1. The number of piperidine rings is 1. The largest absolute Gasteiger partial charge is 0.341 e. The van der Waals surface area contributed by atoms with E-state index in [2.05, 4.69) is 29.7 Å². The van der Waals surface area contributed by atoms with Crippen LogP contribution in [0.5, 0.6) is 0 Å². The molecule has 4 nitrogen and oxygen atoms in total. The first-order valence-electron chi connectivity index (χ1n) is 9.92. The van der Waals surface area contributed by atoms with Crippen LogP contribution in [-0.4, -0.2) is 33.4 Å². The number of amides is 1. The molecule has 1 amide bonds. The number of hydrogen-bond acceptors (Lipinski definition) is 2. The third kappa shape index (κ3) is 3.61. The number of nitrogens with zero attached hydrogens (tertiary/aromatic N) is 3. The number of carbonyl (C=O) groups excluding carboxylic acids is 1. The Bertz CT molecular complexity index is 923. The SMILES string of the molecule is CC1CCN(C(=O)C(C)n2c(Cc3ccccc3)nc3ccccc32)CC1. The second-order valence-corrected chi connectivity index (χ2v) is 7.73. The fraction of sp³-hybridized carbons (Fsp3) is 0.391. The number of imidazole rings is 1. The Morgan fingerprint density at radius 3 is 2.48 bits per heavy atom. The quantitative estimate of drug-likeness (QED) is 0.689. The van der Waals surface area contributed by atoms with Crippen LogP contribution in [0.1, 0.15) is 44.1 Å². The predicted octanol–water partition coefficient (Wildman–Crippen LogP) is 4.45. The van der Waals surface area contributed by atoms with Gasteiger partial charge in [0.1, 0.15) is 11.9 Å². The van der Waals surface area contributed by atoms with Gasteiger partial charge in [-0.25, -0.2) is 4.98 Å². The molecule has 1 fully saturated rings. The summed E-state index contributed by atoms with van der Waals surface area (Å²) in [6, 6.07) is 18.2. The average molecular weight is 361 g/mol. The summed E-state index contributed by atoms with van der Waals surface area (Å²) in [5, 5.41) is 0. The van der Waals surface area contributed by atoms with Gasteiger partial charge in [-0.3, -0.25) is 4.79 Å². The molecule has 1 saturated heterocycles. The van der Waals surface area contributed by atoms with Gasteiger partial charge in [0.25, 0.3) is 0 Å². The van der Waals surface area contributed by atoms with Crippen molar-refractivity contribution >= 4 is 16.9 Å². The molecule has 140 valence electrons. The summed E-state index contributed by atoms with van der Waals surface area (Å²) >= 11 is 0. The zero-order chi connectivity index (χ0) is 18.8. The van der Waals surface area contributed by atoms with Crippen molar-refractivity contribution in [2.75, 3.05) is 13.1 Å². The lowest BCUT2D eigenvalue weighted by atomic mass is 9.99. The molecular weight excluding hydrogens is 334 g/mol. The van der Waals surface area contributed by atoms with Gasteiger partial charge in [-0.1, -0.05) is 49.4 Å². The van der Waals surface area contributed by atoms with Crippen LogP contribution in [-0.2, 0) is 11.2 Å². The summed E-state index contributed by atoms with van der Waals surface area (Å²) in [6.45, 7) is 6.02. The molecule has 0 saturated carbocycles. The number of fused-ring (bicyclic) bond motifs is 1. The highest BCUT2D eigenvalue weighted by molar-refractivity contribution is 5.84. The van der Waals surface area contributed by atoms with Crippen molar-refractivity contribution in [2.24, 2.45) is 5.92 Å². The van der Waals surface area contributed by atoms with Crippen LogP contribution < -0.4 is 0 Å². The van der Waals surface area contributed by atoms with Crippen molar-refractivity contribution in [3.05, 3.63) is 66.0 Å². The van der Waals surface area contributed by atoms with Gasteiger partial charge in [-0.05, 0) is 43.4 Å². The van der Waals surface area contributed by atoms with E-state index in [0.717, 1.165) is 49.2 Å². The zero-order valence-electron chi connectivity index (χ0n) is 16.1. The van der Waals surface area contributed by atoms with Crippen molar-refractivity contribution in [1.29, 1.82) is 0 Å². The average Bonchev–Trinajstić information content (AvgIpc) is 3.06. The van der Waals surface area contributed by atoms with Gasteiger partial charge in [0.2, 0.25) is 5.91 Å². The second-order valence-electron chi connectivity index (χ2n) is 7.73. The van der Waals surface area contributed by atoms with E-state index in [4.69, 9.17) is 4.98 Å². The molecule has 0 spiro atoms. The highest BCUT2D eigenvalue weighted by Gasteiger charge is 2.28. The molecule has 4 heteroatoms. The zero-order valence-corrected chi connectivity index (χ0v) is 16.1. The molecule has 0 N–H and O–H groups in total. The van der Waals surface area contributed by atoms with Crippen LogP contribution in [0.25, 0.3) is 11.0 Å². The lowest BCUT2D eigenvalue weighted by Gasteiger charge is -2.33. The molecule has 0 radical (unpaired) electrons. The minimum absolute atomic E-state index is 0.208. The third-order valence-corrected chi connectivity index (χ3v) is 5.71. The minimum atomic E-state index is -0.246. The third-order valence-electron chi connectivity index (χ3n) is 5.71. The number of rotatable bonds is 4. The number of aromatic nitrogens is 2. The van der Waals surface area contributed by atoms with Gasteiger partial charge in [0, 0.05) is 19.5 Å². The molecule has 3 aromatic rings. The predicted molar refractivity (Wildman–Crippen MR) is 109 cm³/mol. The van der Waals surface area contributed by atoms with Gasteiger partial charge in [0.05, 0.1) is 11.0 Å². The van der Waals surface area contributed by atoms with E-state index in [1.165, 1.54) is 5.56 Å². The summed E-state index contributed by atoms with van der Waals surface area (Å²) < 4.78 is 2.14.